The zero-order valence-electron chi connectivity index (χ0n) is 12.0. The molecule has 1 amide bonds. The molecule has 1 aromatic heterocycles. The second kappa shape index (κ2) is 7.29. The topological polar surface area (TPSA) is 64.6 Å². The van der Waals surface area contributed by atoms with Crippen molar-refractivity contribution < 1.29 is 19.1 Å². The van der Waals surface area contributed by atoms with E-state index in [9.17, 15) is 9.59 Å². The smallest absolute Gasteiger partial charge is 0.348 e. The molecule has 22 heavy (non-hydrogen) atoms. The van der Waals surface area contributed by atoms with Gasteiger partial charge in [0.25, 0.3) is 5.91 Å². The first-order chi connectivity index (χ1) is 10.5. The minimum Gasteiger partial charge on any atom is -0.481 e. The lowest BCUT2D eigenvalue weighted by molar-refractivity contribution is -0.122. The van der Waals surface area contributed by atoms with Crippen molar-refractivity contribution in [3.05, 3.63) is 46.3 Å². The Kier molecular flexibility index (Phi) is 5.41. The van der Waals surface area contributed by atoms with Crippen LogP contribution in [-0.4, -0.2) is 25.1 Å². The lowest BCUT2D eigenvalue weighted by atomic mass is 10.3. The van der Waals surface area contributed by atoms with Crippen LogP contribution in [0, 0.1) is 0 Å². The fraction of sp³-hybridized carbons (Fsp3) is 0.200. The number of anilines is 1. The number of carbonyl (C=O) groups excluding carboxylic acids is 2. The molecule has 2 aromatic rings. The molecule has 0 fully saturated rings. The molecule has 0 saturated heterocycles. The van der Waals surface area contributed by atoms with Crippen molar-refractivity contribution in [2.45, 2.75) is 13.0 Å². The lowest BCUT2D eigenvalue weighted by Crippen LogP contribution is -2.29. The molecule has 2 rings (SSSR count). The van der Waals surface area contributed by atoms with Crippen LogP contribution in [0.5, 0.6) is 5.75 Å². The average Bonchev–Trinajstić information content (AvgIpc) is 2.95. The first-order valence-corrected chi connectivity index (χ1v) is 7.60. The zero-order valence-corrected chi connectivity index (χ0v) is 13.5. The minimum atomic E-state index is -0.706. The molecular weight excluding hydrogens is 326 g/mol. The minimum absolute atomic E-state index is 0.321. The highest BCUT2D eigenvalue weighted by Gasteiger charge is 2.17. The molecule has 1 atom stereocenters. The van der Waals surface area contributed by atoms with Crippen molar-refractivity contribution in [3.8, 4) is 5.75 Å². The van der Waals surface area contributed by atoms with E-state index in [1.807, 2.05) is 0 Å². The Morgan fingerprint density at radius 2 is 2.05 bits per heavy atom. The van der Waals surface area contributed by atoms with Gasteiger partial charge in [0, 0.05) is 5.02 Å². The predicted molar refractivity (Wildman–Crippen MR) is 85.8 cm³/mol. The number of methoxy groups -OCH3 is 1. The third-order valence-electron chi connectivity index (χ3n) is 2.72. The van der Waals surface area contributed by atoms with Crippen LogP contribution in [0.1, 0.15) is 16.6 Å². The van der Waals surface area contributed by atoms with Gasteiger partial charge < -0.3 is 14.8 Å². The Labute approximate surface area is 136 Å². The quantitative estimate of drug-likeness (QED) is 0.845. The van der Waals surface area contributed by atoms with Crippen LogP contribution >= 0.6 is 22.9 Å². The van der Waals surface area contributed by atoms with Gasteiger partial charge >= 0.3 is 5.97 Å². The molecule has 0 bridgehead atoms. The molecule has 5 nitrogen and oxygen atoms in total. The fourth-order valence-corrected chi connectivity index (χ4v) is 2.64. The van der Waals surface area contributed by atoms with Gasteiger partial charge in [-0.25, -0.2) is 4.79 Å². The van der Waals surface area contributed by atoms with E-state index in [2.05, 4.69) is 10.1 Å². The molecule has 0 aliphatic rings. The fourth-order valence-electron chi connectivity index (χ4n) is 1.64. The van der Waals surface area contributed by atoms with Crippen molar-refractivity contribution in [2.75, 3.05) is 12.4 Å². The summed E-state index contributed by atoms with van der Waals surface area (Å²) in [5.41, 5.74) is 0. The van der Waals surface area contributed by atoms with Crippen molar-refractivity contribution >= 4 is 39.8 Å². The molecule has 0 spiro atoms. The monoisotopic (exact) mass is 339 g/mol. The summed E-state index contributed by atoms with van der Waals surface area (Å²) in [6.45, 7) is 1.63. The maximum absolute atomic E-state index is 12.1. The van der Waals surface area contributed by atoms with Crippen molar-refractivity contribution in [1.29, 1.82) is 0 Å². The molecule has 116 valence electrons. The summed E-state index contributed by atoms with van der Waals surface area (Å²) in [6, 6.07) is 10.0. The van der Waals surface area contributed by atoms with E-state index in [1.165, 1.54) is 7.11 Å². The summed E-state index contributed by atoms with van der Waals surface area (Å²) in [4.78, 5) is 23.8. The van der Waals surface area contributed by atoms with E-state index in [-0.39, 0.29) is 5.91 Å². The molecule has 1 unspecified atom stereocenters. The first-order valence-electron chi connectivity index (χ1n) is 6.41. The van der Waals surface area contributed by atoms with Gasteiger partial charge in [0.05, 0.1) is 12.1 Å². The molecule has 7 heteroatoms. The van der Waals surface area contributed by atoms with Gasteiger partial charge in [0.1, 0.15) is 10.6 Å². The number of ether oxygens (including phenoxy) is 2. The summed E-state index contributed by atoms with van der Waals surface area (Å²) in [5, 5.41) is 3.77. The van der Waals surface area contributed by atoms with Gasteiger partial charge in [-0.1, -0.05) is 17.7 Å². The van der Waals surface area contributed by atoms with E-state index < -0.39 is 12.1 Å². The average molecular weight is 340 g/mol. The first kappa shape index (κ1) is 16.3. The van der Waals surface area contributed by atoms with E-state index in [4.69, 9.17) is 16.3 Å². The number of esters is 1. The highest BCUT2D eigenvalue weighted by molar-refractivity contribution is 7.18. The van der Waals surface area contributed by atoms with Crippen LogP contribution in [0.2, 0.25) is 5.02 Å². The predicted octanol–water partition coefficient (Wildman–Crippen LogP) is 3.59. The van der Waals surface area contributed by atoms with Gasteiger partial charge in [0.2, 0.25) is 0 Å². The maximum Gasteiger partial charge on any atom is 0.348 e. The molecule has 0 aliphatic carbocycles. The number of nitrogens with one attached hydrogen (secondary N) is 1. The van der Waals surface area contributed by atoms with Gasteiger partial charge in [-0.2, -0.15) is 0 Å². The Morgan fingerprint density at radius 1 is 1.27 bits per heavy atom. The maximum atomic E-state index is 12.1. The lowest BCUT2D eigenvalue weighted by Gasteiger charge is -2.14. The summed E-state index contributed by atoms with van der Waals surface area (Å²) in [7, 11) is 1.31. The Balaban J connectivity index is 1.96. The molecule has 1 N–H and O–H groups in total. The number of halogens is 1. The number of rotatable bonds is 5. The van der Waals surface area contributed by atoms with E-state index in [0.717, 1.165) is 11.3 Å². The number of hydrogen-bond donors (Lipinski definition) is 1. The van der Waals surface area contributed by atoms with Crippen LogP contribution in [0.3, 0.4) is 0 Å². The van der Waals surface area contributed by atoms with Crippen molar-refractivity contribution in [3.63, 3.8) is 0 Å². The standard InChI is InChI=1S/C15H14ClNO4S/c1-9(21-11-5-3-4-10(16)8-11)14(18)17-13-7-6-12(22-13)15(19)20-2/h3-9H,1-2H3,(H,17,18). The molecular formula is C15H14ClNO4S. The Hall–Kier alpha value is -2.05. The number of amides is 1. The number of hydrogen-bond acceptors (Lipinski definition) is 5. The Bertz CT molecular complexity index is 686. The molecule has 1 aromatic carbocycles. The molecule has 0 aliphatic heterocycles. The molecule has 1 heterocycles. The van der Waals surface area contributed by atoms with Gasteiger partial charge in [-0.3, -0.25) is 4.79 Å². The molecule has 0 radical (unpaired) electrons. The number of thiophene rings is 1. The number of benzene rings is 1. The number of carbonyl (C=O) groups is 2. The Morgan fingerprint density at radius 3 is 2.73 bits per heavy atom. The van der Waals surface area contributed by atoms with Gasteiger partial charge in [-0.15, -0.1) is 11.3 Å². The van der Waals surface area contributed by atoms with Crippen molar-refractivity contribution in [2.24, 2.45) is 0 Å². The largest absolute Gasteiger partial charge is 0.481 e. The third-order valence-corrected chi connectivity index (χ3v) is 3.93. The summed E-state index contributed by atoms with van der Waals surface area (Å²) >= 11 is 7.00. The van der Waals surface area contributed by atoms with Gasteiger partial charge in [0.15, 0.2) is 6.10 Å². The summed E-state index contributed by atoms with van der Waals surface area (Å²) < 4.78 is 10.1. The highest BCUT2D eigenvalue weighted by Crippen LogP contribution is 2.23. The van der Waals surface area contributed by atoms with E-state index >= 15 is 0 Å². The zero-order chi connectivity index (χ0) is 16.1. The van der Waals surface area contributed by atoms with Crippen LogP contribution in [0.4, 0.5) is 5.00 Å². The van der Waals surface area contributed by atoms with Gasteiger partial charge in [-0.05, 0) is 37.3 Å². The van der Waals surface area contributed by atoms with E-state index in [1.54, 1.807) is 43.3 Å². The van der Waals surface area contributed by atoms with Crippen LogP contribution in [0.15, 0.2) is 36.4 Å². The summed E-state index contributed by atoms with van der Waals surface area (Å²) in [6.07, 6.45) is -0.706. The van der Waals surface area contributed by atoms with E-state index in [0.29, 0.717) is 20.7 Å². The normalized spacial score (nSPS) is 11.6. The van der Waals surface area contributed by atoms with Crippen molar-refractivity contribution in [1.82, 2.24) is 0 Å². The van der Waals surface area contributed by atoms with Crippen LogP contribution in [-0.2, 0) is 9.53 Å². The third kappa shape index (κ3) is 4.22. The van der Waals surface area contributed by atoms with Crippen LogP contribution < -0.4 is 10.1 Å². The second-order valence-corrected chi connectivity index (χ2v) is 5.88. The van der Waals surface area contributed by atoms with Crippen LogP contribution in [0.25, 0.3) is 0 Å². The second-order valence-electron chi connectivity index (χ2n) is 4.36. The SMILES string of the molecule is COC(=O)c1ccc(NC(=O)C(C)Oc2cccc(Cl)c2)s1. The molecule has 0 saturated carbocycles. The summed E-state index contributed by atoms with van der Waals surface area (Å²) in [5.74, 6) is -0.247. The highest BCUT2D eigenvalue weighted by atomic mass is 35.5.